The van der Waals surface area contributed by atoms with Gasteiger partial charge in [-0.1, -0.05) is 25.4 Å². The lowest BCUT2D eigenvalue weighted by Gasteiger charge is -2.15. The zero-order valence-electron chi connectivity index (χ0n) is 14.3. The van der Waals surface area contributed by atoms with Gasteiger partial charge in [0.15, 0.2) is 0 Å². The molecule has 6 nitrogen and oxygen atoms in total. The van der Waals surface area contributed by atoms with Gasteiger partial charge in [-0.15, -0.1) is 0 Å². The van der Waals surface area contributed by atoms with Crippen LogP contribution in [0.25, 0.3) is 5.69 Å². The van der Waals surface area contributed by atoms with Crippen LogP contribution in [0.4, 0.5) is 5.69 Å². The molecule has 0 radical (unpaired) electrons. The van der Waals surface area contributed by atoms with Crippen molar-refractivity contribution in [2.45, 2.75) is 38.7 Å². The second kappa shape index (κ2) is 7.35. The predicted octanol–water partition coefficient (Wildman–Crippen LogP) is 3.57. The third kappa shape index (κ3) is 4.34. The maximum atomic E-state index is 12.5. The van der Waals surface area contributed by atoms with Crippen LogP contribution in [0, 0.1) is 0 Å². The van der Waals surface area contributed by atoms with Gasteiger partial charge in [0.1, 0.15) is 0 Å². The molecular formula is C17H22ClN3O3S. The topological polar surface area (TPSA) is 73.2 Å². The summed E-state index contributed by atoms with van der Waals surface area (Å²) in [4.78, 5) is 0. The molecule has 0 unspecified atom stereocenters. The van der Waals surface area contributed by atoms with Gasteiger partial charge in [0, 0.05) is 11.6 Å². The van der Waals surface area contributed by atoms with E-state index in [1.165, 1.54) is 0 Å². The average Bonchev–Trinajstić information content (AvgIpc) is 3.17. The number of aromatic nitrogens is 2. The Kier molecular flexibility index (Phi) is 5.36. The van der Waals surface area contributed by atoms with Gasteiger partial charge in [-0.3, -0.25) is 4.72 Å². The number of benzene rings is 1. The molecule has 0 aliphatic carbocycles. The zero-order chi connectivity index (χ0) is 18.0. The highest BCUT2D eigenvalue weighted by Crippen LogP contribution is 2.28. The van der Waals surface area contributed by atoms with Crippen molar-refractivity contribution in [2.24, 2.45) is 0 Å². The normalized spacial score (nSPS) is 18.0. The van der Waals surface area contributed by atoms with E-state index in [9.17, 15) is 8.42 Å². The molecule has 1 fully saturated rings. The highest BCUT2D eigenvalue weighted by molar-refractivity contribution is 7.92. The van der Waals surface area contributed by atoms with Crippen molar-refractivity contribution >= 4 is 27.3 Å². The molecule has 8 heteroatoms. The minimum Gasteiger partial charge on any atom is -0.377 e. The number of anilines is 1. The highest BCUT2D eigenvalue weighted by Gasteiger charge is 2.25. The maximum absolute atomic E-state index is 12.5. The summed E-state index contributed by atoms with van der Waals surface area (Å²) in [5, 5.41) is 5.01. The molecule has 1 aromatic heterocycles. The van der Waals surface area contributed by atoms with Gasteiger partial charge < -0.3 is 4.74 Å². The number of hydrogen-bond donors (Lipinski definition) is 1. The number of ether oxygens (including phenoxy) is 1. The summed E-state index contributed by atoms with van der Waals surface area (Å²) in [6.07, 6.45) is 3.01. The van der Waals surface area contributed by atoms with E-state index in [1.54, 1.807) is 23.0 Å². The van der Waals surface area contributed by atoms with Crippen LogP contribution in [0.1, 0.15) is 38.3 Å². The van der Waals surface area contributed by atoms with E-state index in [1.807, 2.05) is 26.0 Å². The number of nitrogens with zero attached hydrogens (tertiary/aromatic N) is 2. The minimum atomic E-state index is -3.50. The van der Waals surface area contributed by atoms with Gasteiger partial charge in [0.25, 0.3) is 0 Å². The van der Waals surface area contributed by atoms with E-state index >= 15 is 0 Å². The Balaban J connectivity index is 1.87. The predicted molar refractivity (Wildman–Crippen MR) is 99.0 cm³/mol. The third-order valence-corrected chi connectivity index (χ3v) is 5.71. The fourth-order valence-electron chi connectivity index (χ4n) is 3.01. The van der Waals surface area contributed by atoms with Gasteiger partial charge in [-0.05, 0) is 43.0 Å². The number of hydrogen-bond acceptors (Lipinski definition) is 4. The Morgan fingerprint density at radius 1 is 1.36 bits per heavy atom. The summed E-state index contributed by atoms with van der Waals surface area (Å²) >= 11 is 5.94. The number of halogens is 1. The molecule has 1 N–H and O–H groups in total. The molecule has 1 aromatic carbocycles. The summed E-state index contributed by atoms with van der Waals surface area (Å²) in [5.41, 5.74) is 2.14. The first-order valence-corrected chi connectivity index (χ1v) is 10.3. The van der Waals surface area contributed by atoms with Gasteiger partial charge in [0.05, 0.1) is 35.1 Å². The second-order valence-electron chi connectivity index (χ2n) is 6.50. The molecule has 0 saturated carbocycles. The molecule has 0 bridgehead atoms. The van der Waals surface area contributed by atoms with Crippen LogP contribution in [-0.2, 0) is 14.8 Å². The molecule has 136 valence electrons. The number of sulfonamides is 1. The molecule has 0 spiro atoms. The molecule has 25 heavy (non-hydrogen) atoms. The molecule has 0 amide bonds. The summed E-state index contributed by atoms with van der Waals surface area (Å²) in [6.45, 7) is 4.63. The zero-order valence-corrected chi connectivity index (χ0v) is 15.8. The lowest BCUT2D eigenvalue weighted by Crippen LogP contribution is -2.26. The molecule has 1 saturated heterocycles. The van der Waals surface area contributed by atoms with E-state index in [-0.39, 0.29) is 17.8 Å². The smallest absolute Gasteiger partial charge is 0.235 e. The summed E-state index contributed by atoms with van der Waals surface area (Å²) < 4.78 is 34.8. The van der Waals surface area contributed by atoms with Gasteiger partial charge in [0.2, 0.25) is 10.0 Å². The summed E-state index contributed by atoms with van der Waals surface area (Å²) in [5.74, 6) is 0.0510. The molecule has 2 heterocycles. The Hall–Kier alpha value is -1.57. The number of nitrogens with one attached hydrogen (secondary N) is 1. The van der Waals surface area contributed by atoms with E-state index < -0.39 is 10.0 Å². The lowest BCUT2D eigenvalue weighted by atomic mass is 10.1. The average molecular weight is 384 g/mol. The van der Waals surface area contributed by atoms with Crippen LogP contribution in [-0.4, -0.2) is 36.7 Å². The van der Waals surface area contributed by atoms with Gasteiger partial charge in [-0.2, -0.15) is 5.10 Å². The molecule has 1 aliphatic heterocycles. The Labute approximate surface area is 153 Å². The fraction of sp³-hybridized carbons (Fsp3) is 0.471. The maximum Gasteiger partial charge on any atom is 0.235 e. The van der Waals surface area contributed by atoms with Crippen LogP contribution in [0.15, 0.2) is 30.5 Å². The monoisotopic (exact) mass is 383 g/mol. The van der Waals surface area contributed by atoms with Crippen LogP contribution in [0.3, 0.4) is 0 Å². The van der Waals surface area contributed by atoms with Crippen molar-refractivity contribution in [2.75, 3.05) is 17.1 Å². The van der Waals surface area contributed by atoms with E-state index in [0.717, 1.165) is 24.2 Å². The first-order chi connectivity index (χ1) is 11.9. The van der Waals surface area contributed by atoms with E-state index in [2.05, 4.69) is 9.82 Å². The fourth-order valence-corrected chi connectivity index (χ4v) is 4.46. The summed E-state index contributed by atoms with van der Waals surface area (Å²) in [7, 11) is -3.50. The molecular weight excluding hydrogens is 362 g/mol. The van der Waals surface area contributed by atoms with Crippen LogP contribution < -0.4 is 4.72 Å². The Bertz CT molecular complexity index is 825. The summed E-state index contributed by atoms with van der Waals surface area (Å²) in [6, 6.07) is 7.27. The van der Waals surface area contributed by atoms with Gasteiger partial charge in [-0.25, -0.2) is 13.1 Å². The Morgan fingerprint density at radius 2 is 2.08 bits per heavy atom. The SMILES string of the molecule is CC(C)c1c(NS(=O)(=O)C[C@@H]2CCCO2)cnn1-c1ccc(Cl)cc1. The quantitative estimate of drug-likeness (QED) is 0.827. The van der Waals surface area contributed by atoms with Crippen molar-refractivity contribution < 1.29 is 13.2 Å². The first-order valence-electron chi connectivity index (χ1n) is 8.31. The van der Waals surface area contributed by atoms with Crippen molar-refractivity contribution in [1.29, 1.82) is 0 Å². The van der Waals surface area contributed by atoms with E-state index in [0.29, 0.717) is 17.3 Å². The lowest BCUT2D eigenvalue weighted by molar-refractivity contribution is 0.127. The molecule has 3 rings (SSSR count). The van der Waals surface area contributed by atoms with E-state index in [4.69, 9.17) is 16.3 Å². The third-order valence-electron chi connectivity index (χ3n) is 4.12. The highest BCUT2D eigenvalue weighted by atomic mass is 35.5. The molecule has 2 aromatic rings. The Morgan fingerprint density at radius 3 is 2.68 bits per heavy atom. The van der Waals surface area contributed by atoms with Crippen molar-refractivity contribution in [3.05, 3.63) is 41.2 Å². The van der Waals surface area contributed by atoms with Crippen molar-refractivity contribution in [3.8, 4) is 5.69 Å². The first kappa shape index (κ1) is 18.2. The second-order valence-corrected chi connectivity index (χ2v) is 8.71. The largest absolute Gasteiger partial charge is 0.377 e. The standard InChI is InChI=1S/C17H22ClN3O3S/c1-12(2)17-16(20-25(22,23)11-15-4-3-9-24-15)10-19-21(17)14-7-5-13(18)6-8-14/h5-8,10,12,15,20H,3-4,9,11H2,1-2H3/t15-/m0/s1. The molecule has 1 atom stereocenters. The number of rotatable bonds is 6. The van der Waals surface area contributed by atoms with Crippen LogP contribution in [0.2, 0.25) is 5.02 Å². The van der Waals surface area contributed by atoms with Crippen molar-refractivity contribution in [1.82, 2.24) is 9.78 Å². The van der Waals surface area contributed by atoms with Crippen molar-refractivity contribution in [3.63, 3.8) is 0 Å². The molecule has 1 aliphatic rings. The van der Waals surface area contributed by atoms with Gasteiger partial charge >= 0.3 is 0 Å². The minimum absolute atomic E-state index is 0.0311. The van der Waals surface area contributed by atoms with Crippen LogP contribution in [0.5, 0.6) is 0 Å². The van der Waals surface area contributed by atoms with Crippen LogP contribution >= 0.6 is 11.6 Å².